The summed E-state index contributed by atoms with van der Waals surface area (Å²) in [7, 11) is 0. The molecule has 2 amide bonds. The predicted molar refractivity (Wildman–Crippen MR) is 124 cm³/mol. The van der Waals surface area contributed by atoms with Crippen molar-refractivity contribution in [2.24, 2.45) is 5.92 Å². The van der Waals surface area contributed by atoms with Crippen molar-refractivity contribution in [1.29, 1.82) is 0 Å². The van der Waals surface area contributed by atoms with E-state index in [1.807, 2.05) is 29.6 Å². The molecule has 2 N–H and O–H groups in total. The van der Waals surface area contributed by atoms with Gasteiger partial charge in [-0.05, 0) is 42.2 Å². The molecule has 34 heavy (non-hydrogen) atoms. The molecule has 2 aromatic heterocycles. The van der Waals surface area contributed by atoms with Gasteiger partial charge in [-0.3, -0.25) is 14.0 Å². The molecular weight excluding hydrogens is 469 g/mol. The highest BCUT2D eigenvalue weighted by Crippen LogP contribution is 2.25. The molecule has 1 unspecified atom stereocenters. The average molecular weight is 495 g/mol. The van der Waals surface area contributed by atoms with E-state index in [1.54, 1.807) is 18.2 Å². The number of amides is 2. The highest BCUT2D eigenvalue weighted by molar-refractivity contribution is 6.30. The molecule has 2 heterocycles. The Morgan fingerprint density at radius 1 is 1.09 bits per heavy atom. The number of benzene rings is 1. The molecule has 1 atom stereocenters. The summed E-state index contributed by atoms with van der Waals surface area (Å²) < 4.78 is 38.4. The summed E-state index contributed by atoms with van der Waals surface area (Å²) in [6.07, 6.45) is -2.46. The first-order valence-corrected chi connectivity index (χ1v) is 11.2. The van der Waals surface area contributed by atoms with Crippen molar-refractivity contribution in [2.45, 2.75) is 38.8 Å². The topological polar surface area (TPSA) is 75.5 Å². The van der Waals surface area contributed by atoms with E-state index in [0.717, 1.165) is 12.0 Å². The third-order valence-electron chi connectivity index (χ3n) is 5.21. The SMILES string of the molecule is CC(C)CC(CNC(=O)c1cccc2nc(CC(=O)NCC(F)(F)F)cn12)c1ccc(Cl)cc1. The normalized spacial score (nSPS) is 12.7. The number of hydrogen-bond acceptors (Lipinski definition) is 3. The molecule has 1 aromatic carbocycles. The molecule has 0 radical (unpaired) electrons. The Bertz CT molecular complexity index is 1140. The van der Waals surface area contributed by atoms with Crippen LogP contribution in [0.4, 0.5) is 13.2 Å². The Kier molecular flexibility index (Phi) is 8.19. The maximum atomic E-state index is 13.0. The van der Waals surface area contributed by atoms with E-state index in [9.17, 15) is 22.8 Å². The van der Waals surface area contributed by atoms with Crippen LogP contribution in [0.3, 0.4) is 0 Å². The molecule has 0 fully saturated rings. The van der Waals surface area contributed by atoms with Crippen LogP contribution in [0.2, 0.25) is 5.02 Å². The summed E-state index contributed by atoms with van der Waals surface area (Å²) in [5.41, 5.74) is 2.07. The molecule has 0 saturated carbocycles. The second-order valence-electron chi connectivity index (χ2n) is 8.53. The molecule has 0 aliphatic rings. The fourth-order valence-corrected chi connectivity index (χ4v) is 3.83. The number of carbonyl (C=O) groups excluding carboxylic acids is 2. The fourth-order valence-electron chi connectivity index (χ4n) is 3.70. The molecule has 0 saturated heterocycles. The smallest absolute Gasteiger partial charge is 0.350 e. The standard InChI is InChI=1S/C24H26ClF3N4O2/c1-15(2)10-17(16-6-8-18(25)9-7-16)12-29-23(34)20-4-3-5-21-31-19(13-32(20)21)11-22(33)30-14-24(26,27)28/h3-9,13,15,17H,10-12,14H2,1-2H3,(H,29,34)(H,30,33). The zero-order valence-corrected chi connectivity index (χ0v) is 19.6. The van der Waals surface area contributed by atoms with Gasteiger partial charge in [-0.15, -0.1) is 0 Å². The second-order valence-corrected chi connectivity index (χ2v) is 8.96. The number of alkyl halides is 3. The number of nitrogens with zero attached hydrogens (tertiary/aromatic N) is 2. The van der Waals surface area contributed by atoms with E-state index < -0.39 is 18.6 Å². The third-order valence-corrected chi connectivity index (χ3v) is 5.46. The summed E-state index contributed by atoms with van der Waals surface area (Å²) in [4.78, 5) is 29.1. The summed E-state index contributed by atoms with van der Waals surface area (Å²) in [5.74, 6) is -0.609. The minimum atomic E-state index is -4.49. The lowest BCUT2D eigenvalue weighted by Gasteiger charge is -2.20. The predicted octanol–water partition coefficient (Wildman–Crippen LogP) is 4.77. The lowest BCUT2D eigenvalue weighted by Crippen LogP contribution is -2.34. The lowest BCUT2D eigenvalue weighted by atomic mass is 9.90. The fraction of sp³-hybridized carbons (Fsp3) is 0.375. The Morgan fingerprint density at radius 2 is 1.79 bits per heavy atom. The number of carbonyl (C=O) groups is 2. The molecule has 0 spiro atoms. The number of aromatic nitrogens is 2. The van der Waals surface area contributed by atoms with Crippen LogP contribution in [-0.2, 0) is 11.2 Å². The van der Waals surface area contributed by atoms with Crippen LogP contribution in [0, 0.1) is 5.92 Å². The summed E-state index contributed by atoms with van der Waals surface area (Å²) >= 11 is 6.00. The highest BCUT2D eigenvalue weighted by Gasteiger charge is 2.27. The number of halogens is 4. The van der Waals surface area contributed by atoms with Crippen LogP contribution in [0.15, 0.2) is 48.7 Å². The lowest BCUT2D eigenvalue weighted by molar-refractivity contribution is -0.138. The first-order valence-electron chi connectivity index (χ1n) is 10.9. The van der Waals surface area contributed by atoms with Gasteiger partial charge in [0.05, 0.1) is 12.1 Å². The van der Waals surface area contributed by atoms with Crippen molar-refractivity contribution < 1.29 is 22.8 Å². The monoisotopic (exact) mass is 494 g/mol. The van der Waals surface area contributed by atoms with Crippen molar-refractivity contribution in [3.05, 3.63) is 70.6 Å². The molecule has 0 bridgehead atoms. The van der Waals surface area contributed by atoms with Gasteiger partial charge in [0, 0.05) is 23.7 Å². The van der Waals surface area contributed by atoms with Gasteiger partial charge in [0.1, 0.15) is 17.9 Å². The molecule has 3 rings (SSSR count). The van der Waals surface area contributed by atoms with Gasteiger partial charge >= 0.3 is 6.18 Å². The van der Waals surface area contributed by atoms with Crippen molar-refractivity contribution in [1.82, 2.24) is 20.0 Å². The number of pyridine rings is 1. The van der Waals surface area contributed by atoms with Crippen LogP contribution >= 0.6 is 11.6 Å². The third kappa shape index (κ3) is 7.21. The maximum Gasteiger partial charge on any atom is 0.405 e. The summed E-state index contributed by atoms with van der Waals surface area (Å²) in [6, 6.07) is 12.5. The number of fused-ring (bicyclic) bond motifs is 1. The van der Waals surface area contributed by atoms with Gasteiger partial charge in [0.25, 0.3) is 5.91 Å². The van der Waals surface area contributed by atoms with Crippen LogP contribution in [0.1, 0.15) is 47.9 Å². The van der Waals surface area contributed by atoms with Crippen LogP contribution < -0.4 is 10.6 Å². The van der Waals surface area contributed by atoms with E-state index >= 15 is 0 Å². The van der Waals surface area contributed by atoms with E-state index in [-0.39, 0.29) is 23.9 Å². The van der Waals surface area contributed by atoms with Crippen LogP contribution in [0.25, 0.3) is 5.65 Å². The first-order chi connectivity index (χ1) is 16.0. The second kappa shape index (κ2) is 10.9. The molecule has 0 aliphatic heterocycles. The van der Waals surface area contributed by atoms with Gasteiger partial charge in [-0.1, -0.05) is 43.6 Å². The Morgan fingerprint density at radius 3 is 2.44 bits per heavy atom. The van der Waals surface area contributed by atoms with Crippen LogP contribution in [-0.4, -0.2) is 40.5 Å². The summed E-state index contributed by atoms with van der Waals surface area (Å²) in [6.45, 7) is 3.24. The average Bonchev–Trinajstić information content (AvgIpc) is 3.17. The van der Waals surface area contributed by atoms with Gasteiger partial charge in [0.2, 0.25) is 5.91 Å². The van der Waals surface area contributed by atoms with E-state index in [1.165, 1.54) is 10.6 Å². The maximum absolute atomic E-state index is 13.0. The van der Waals surface area contributed by atoms with Gasteiger partial charge < -0.3 is 10.6 Å². The number of hydrogen-bond donors (Lipinski definition) is 2. The Labute approximate surface area is 200 Å². The van der Waals surface area contributed by atoms with E-state index in [2.05, 4.69) is 24.1 Å². The van der Waals surface area contributed by atoms with E-state index in [4.69, 9.17) is 11.6 Å². The number of imidazole rings is 1. The summed E-state index contributed by atoms with van der Waals surface area (Å²) in [5, 5.41) is 5.44. The Hall–Kier alpha value is -3.07. The molecule has 182 valence electrons. The zero-order chi connectivity index (χ0) is 24.9. The largest absolute Gasteiger partial charge is 0.405 e. The van der Waals surface area contributed by atoms with E-state index in [0.29, 0.717) is 28.8 Å². The molecule has 0 aliphatic carbocycles. The zero-order valence-electron chi connectivity index (χ0n) is 18.8. The quantitative estimate of drug-likeness (QED) is 0.450. The van der Waals surface area contributed by atoms with Crippen molar-refractivity contribution in [3.8, 4) is 0 Å². The number of nitrogens with one attached hydrogen (secondary N) is 2. The van der Waals surface area contributed by atoms with Crippen molar-refractivity contribution in [2.75, 3.05) is 13.1 Å². The Balaban J connectivity index is 1.71. The molecule has 6 nitrogen and oxygen atoms in total. The number of rotatable bonds is 9. The molecular formula is C24H26ClF3N4O2. The van der Waals surface area contributed by atoms with Crippen molar-refractivity contribution in [3.63, 3.8) is 0 Å². The van der Waals surface area contributed by atoms with Gasteiger partial charge in [0.15, 0.2) is 0 Å². The van der Waals surface area contributed by atoms with Gasteiger partial charge in [-0.2, -0.15) is 13.2 Å². The van der Waals surface area contributed by atoms with Crippen LogP contribution in [0.5, 0.6) is 0 Å². The first kappa shape index (κ1) is 25.6. The minimum absolute atomic E-state index is 0.0936. The molecule has 3 aromatic rings. The van der Waals surface area contributed by atoms with Crippen molar-refractivity contribution >= 4 is 29.1 Å². The minimum Gasteiger partial charge on any atom is -0.350 e. The highest BCUT2D eigenvalue weighted by atomic mass is 35.5. The van der Waals surface area contributed by atoms with Gasteiger partial charge in [-0.25, -0.2) is 4.98 Å². The molecule has 10 heteroatoms.